The second kappa shape index (κ2) is 6.43. The second-order valence-corrected chi connectivity index (χ2v) is 5.44. The molecule has 4 nitrogen and oxygen atoms in total. The molecule has 1 atom stereocenters. The Morgan fingerprint density at radius 2 is 1.79 bits per heavy atom. The number of rotatable bonds is 3. The van der Waals surface area contributed by atoms with E-state index < -0.39 is 24.4 Å². The fraction of sp³-hybridized carbons (Fsp3) is 0.235. The van der Waals surface area contributed by atoms with Crippen molar-refractivity contribution in [2.24, 2.45) is 11.0 Å². The van der Waals surface area contributed by atoms with Crippen LogP contribution >= 0.6 is 0 Å². The fourth-order valence-corrected chi connectivity index (χ4v) is 2.51. The van der Waals surface area contributed by atoms with Crippen LogP contribution in [0.5, 0.6) is 0 Å². The molecule has 3 rings (SSSR count). The molecule has 1 aliphatic heterocycles. The lowest BCUT2D eigenvalue weighted by atomic mass is 9.96. The Hall–Kier alpha value is -2.70. The van der Waals surface area contributed by atoms with Gasteiger partial charge in [-0.25, -0.2) is 5.01 Å². The Bertz CT molecular complexity index is 745. The third kappa shape index (κ3) is 3.45. The summed E-state index contributed by atoms with van der Waals surface area (Å²) in [5.41, 5.74) is 1.21. The number of nitrogens with zero attached hydrogens (tertiary/aromatic N) is 3. The fourth-order valence-electron chi connectivity index (χ4n) is 2.51. The third-order valence-corrected chi connectivity index (χ3v) is 3.72. The maximum atomic E-state index is 13.3. The molecular weight excluding hydrogens is 319 g/mol. The van der Waals surface area contributed by atoms with Crippen molar-refractivity contribution in [2.45, 2.75) is 19.1 Å². The summed E-state index contributed by atoms with van der Waals surface area (Å²) in [7, 11) is 0. The Balaban J connectivity index is 1.96. The van der Waals surface area contributed by atoms with Crippen molar-refractivity contribution in [3.63, 3.8) is 0 Å². The van der Waals surface area contributed by atoms with Crippen molar-refractivity contribution in [3.8, 4) is 0 Å². The number of carbonyl (C=O) groups excluding carboxylic acids is 1. The standard InChI is InChI=1S/C17H14F3N3O/c18-17(19,20)13-10-15(14-8-4-5-9-21-14)22-23(16(13)24)11-12-6-2-1-3-7-12/h1-9,13H,10-11H2. The molecule has 0 radical (unpaired) electrons. The van der Waals surface area contributed by atoms with Crippen LogP contribution in [0.2, 0.25) is 0 Å². The lowest BCUT2D eigenvalue weighted by molar-refractivity contribution is -0.189. The van der Waals surface area contributed by atoms with Crippen LogP contribution in [0.15, 0.2) is 59.8 Å². The van der Waals surface area contributed by atoms with Crippen molar-refractivity contribution in [1.82, 2.24) is 9.99 Å². The van der Waals surface area contributed by atoms with E-state index >= 15 is 0 Å². The van der Waals surface area contributed by atoms with Crippen molar-refractivity contribution >= 4 is 11.6 Å². The zero-order valence-corrected chi connectivity index (χ0v) is 12.6. The predicted octanol–water partition coefficient (Wildman–Crippen LogP) is 3.40. The molecule has 0 saturated heterocycles. The highest BCUT2D eigenvalue weighted by Crippen LogP contribution is 2.34. The molecule has 2 heterocycles. The Morgan fingerprint density at radius 1 is 1.08 bits per heavy atom. The molecule has 124 valence electrons. The Labute approximate surface area is 136 Å². The van der Waals surface area contributed by atoms with Crippen molar-refractivity contribution in [3.05, 3.63) is 66.0 Å². The van der Waals surface area contributed by atoms with E-state index in [9.17, 15) is 18.0 Å². The Morgan fingerprint density at radius 3 is 2.42 bits per heavy atom. The predicted molar refractivity (Wildman–Crippen MR) is 81.9 cm³/mol. The van der Waals surface area contributed by atoms with Gasteiger partial charge >= 0.3 is 6.18 Å². The summed E-state index contributed by atoms with van der Waals surface area (Å²) < 4.78 is 39.8. The molecular formula is C17H14F3N3O. The van der Waals surface area contributed by atoms with Crippen molar-refractivity contribution < 1.29 is 18.0 Å². The van der Waals surface area contributed by atoms with E-state index in [1.165, 1.54) is 6.20 Å². The lowest BCUT2D eigenvalue weighted by Crippen LogP contribution is -2.45. The van der Waals surface area contributed by atoms with E-state index in [4.69, 9.17) is 0 Å². The summed E-state index contributed by atoms with van der Waals surface area (Å²) in [6.07, 6.45) is -3.63. The molecule has 7 heteroatoms. The van der Waals surface area contributed by atoms with Crippen molar-refractivity contribution in [2.75, 3.05) is 0 Å². The van der Waals surface area contributed by atoms with E-state index in [0.29, 0.717) is 11.3 Å². The summed E-state index contributed by atoms with van der Waals surface area (Å²) >= 11 is 0. The summed E-state index contributed by atoms with van der Waals surface area (Å²) in [5.74, 6) is -3.14. The largest absolute Gasteiger partial charge is 0.400 e. The molecule has 1 aliphatic rings. The zero-order valence-electron chi connectivity index (χ0n) is 12.6. The van der Waals surface area contributed by atoms with Gasteiger partial charge in [-0.15, -0.1) is 0 Å². The van der Waals surface area contributed by atoms with Gasteiger partial charge in [-0.3, -0.25) is 9.78 Å². The first kappa shape index (κ1) is 16.2. The summed E-state index contributed by atoms with van der Waals surface area (Å²) in [4.78, 5) is 16.3. The molecule has 0 aliphatic carbocycles. The minimum atomic E-state index is -4.62. The number of aromatic nitrogens is 1. The molecule has 1 aromatic heterocycles. The molecule has 1 aromatic carbocycles. The van der Waals surface area contributed by atoms with Gasteiger partial charge in [0.1, 0.15) is 5.92 Å². The van der Waals surface area contributed by atoms with Gasteiger partial charge in [-0.2, -0.15) is 18.3 Å². The molecule has 24 heavy (non-hydrogen) atoms. The number of alkyl halides is 3. The topological polar surface area (TPSA) is 45.6 Å². The maximum Gasteiger partial charge on any atom is 0.400 e. The number of halogens is 3. The van der Waals surface area contributed by atoms with Gasteiger partial charge in [0, 0.05) is 12.6 Å². The molecule has 0 N–H and O–H groups in total. The van der Waals surface area contributed by atoms with E-state index in [1.807, 2.05) is 0 Å². The number of pyridine rings is 1. The van der Waals surface area contributed by atoms with Crippen molar-refractivity contribution in [1.29, 1.82) is 0 Å². The van der Waals surface area contributed by atoms with Gasteiger partial charge in [0.15, 0.2) is 0 Å². The lowest BCUT2D eigenvalue weighted by Gasteiger charge is -2.30. The average Bonchev–Trinajstić information content (AvgIpc) is 2.57. The monoisotopic (exact) mass is 333 g/mol. The number of hydrogen-bond acceptors (Lipinski definition) is 3. The first-order chi connectivity index (χ1) is 11.4. The van der Waals surface area contributed by atoms with Gasteiger partial charge in [0.25, 0.3) is 5.91 Å². The van der Waals surface area contributed by atoms with Gasteiger partial charge in [0.05, 0.1) is 18.0 Å². The van der Waals surface area contributed by atoms with Crippen LogP contribution in [0.1, 0.15) is 17.7 Å². The highest BCUT2D eigenvalue weighted by Gasteiger charge is 2.49. The first-order valence-electron chi connectivity index (χ1n) is 7.36. The normalized spacial score (nSPS) is 18.5. The van der Waals surface area contributed by atoms with Crippen LogP contribution in [-0.2, 0) is 11.3 Å². The number of hydrazone groups is 1. The molecule has 0 fully saturated rings. The number of carbonyl (C=O) groups is 1. The number of amides is 1. The minimum absolute atomic E-state index is 0.0113. The molecule has 0 spiro atoms. The maximum absolute atomic E-state index is 13.3. The van der Waals surface area contributed by atoms with Crippen LogP contribution in [0.25, 0.3) is 0 Å². The van der Waals surface area contributed by atoms with Crippen LogP contribution in [-0.4, -0.2) is 27.8 Å². The second-order valence-electron chi connectivity index (χ2n) is 5.44. The quantitative estimate of drug-likeness (QED) is 0.864. The highest BCUT2D eigenvalue weighted by molar-refractivity contribution is 6.03. The summed E-state index contributed by atoms with van der Waals surface area (Å²) in [5, 5.41) is 5.02. The molecule has 1 amide bonds. The van der Waals surface area contributed by atoms with Crippen LogP contribution in [0.4, 0.5) is 13.2 Å². The SMILES string of the molecule is O=C1C(C(F)(F)F)CC(c2ccccn2)=NN1Cc1ccccc1. The average molecular weight is 333 g/mol. The molecule has 2 aromatic rings. The molecule has 0 saturated carbocycles. The van der Waals surface area contributed by atoms with E-state index in [1.54, 1.807) is 48.5 Å². The summed E-state index contributed by atoms with van der Waals surface area (Å²) in [6, 6.07) is 13.7. The Kier molecular flexibility index (Phi) is 4.33. The van der Waals surface area contributed by atoms with E-state index in [-0.39, 0.29) is 12.3 Å². The third-order valence-electron chi connectivity index (χ3n) is 3.72. The van der Waals surface area contributed by atoms with Gasteiger partial charge in [0.2, 0.25) is 0 Å². The number of hydrogen-bond donors (Lipinski definition) is 0. The van der Waals surface area contributed by atoms with E-state index in [2.05, 4.69) is 10.1 Å². The van der Waals surface area contributed by atoms with Gasteiger partial charge in [-0.1, -0.05) is 36.4 Å². The highest BCUT2D eigenvalue weighted by atomic mass is 19.4. The van der Waals surface area contributed by atoms with E-state index in [0.717, 1.165) is 5.01 Å². The van der Waals surface area contributed by atoms with Gasteiger partial charge < -0.3 is 0 Å². The summed E-state index contributed by atoms with van der Waals surface area (Å²) in [6.45, 7) is -0.0113. The smallest absolute Gasteiger partial charge is 0.272 e. The van der Waals surface area contributed by atoms with Gasteiger partial charge in [-0.05, 0) is 17.7 Å². The van der Waals surface area contributed by atoms with Crippen LogP contribution in [0.3, 0.4) is 0 Å². The van der Waals surface area contributed by atoms with Crippen LogP contribution in [0, 0.1) is 5.92 Å². The minimum Gasteiger partial charge on any atom is -0.272 e. The zero-order chi connectivity index (χ0) is 17.2. The first-order valence-corrected chi connectivity index (χ1v) is 7.36. The molecule has 0 bridgehead atoms. The van der Waals surface area contributed by atoms with Crippen LogP contribution < -0.4 is 0 Å². The number of benzene rings is 1. The molecule has 1 unspecified atom stereocenters.